The summed E-state index contributed by atoms with van der Waals surface area (Å²) in [4.78, 5) is 7.58. The molecule has 2 rings (SSSR count). The van der Waals surface area contributed by atoms with Crippen molar-refractivity contribution in [3.8, 4) is 17.1 Å². The Bertz CT molecular complexity index is 625. The Balaban J connectivity index is 2.48. The van der Waals surface area contributed by atoms with Crippen LogP contribution in [-0.2, 0) is 0 Å². The highest BCUT2D eigenvalue weighted by Crippen LogP contribution is 2.23. The van der Waals surface area contributed by atoms with Crippen LogP contribution in [0.2, 0.25) is 0 Å². The first-order chi connectivity index (χ1) is 8.61. The van der Waals surface area contributed by atoms with E-state index in [0.717, 1.165) is 27.3 Å². The van der Waals surface area contributed by atoms with Gasteiger partial charge in [-0.05, 0) is 41.9 Å². The van der Waals surface area contributed by atoms with Crippen molar-refractivity contribution >= 4 is 28.1 Å². The van der Waals surface area contributed by atoms with Crippen molar-refractivity contribution in [1.82, 2.24) is 9.97 Å². The molecule has 1 N–H and O–H groups in total. The smallest absolute Gasteiger partial charge is 0.144 e. The van der Waals surface area contributed by atoms with Gasteiger partial charge in [0.15, 0.2) is 0 Å². The molecule has 0 unspecified atom stereocenters. The lowest BCUT2D eigenvalue weighted by molar-refractivity contribution is 0.340. The Kier molecular flexibility index (Phi) is 4.14. The molecule has 0 atom stereocenters. The zero-order chi connectivity index (χ0) is 13.1. The normalized spacial score (nSPS) is 10.4. The molecule has 0 aliphatic carbocycles. The molecule has 5 heteroatoms. The van der Waals surface area contributed by atoms with Gasteiger partial charge in [0.2, 0.25) is 0 Å². The predicted octanol–water partition coefficient (Wildman–Crippen LogP) is 4.28. The minimum absolute atomic E-state index is 0.558. The first-order valence-corrected chi connectivity index (χ1v) is 6.81. The Hall–Kier alpha value is -1.20. The van der Waals surface area contributed by atoms with Gasteiger partial charge in [0.05, 0.1) is 11.1 Å². The molecular formula is C13H13BrN2OS. The van der Waals surface area contributed by atoms with Crippen LogP contribution < -0.4 is 4.74 Å². The molecule has 0 bridgehead atoms. The fraction of sp³-hybridized carbons (Fsp3) is 0.231. The van der Waals surface area contributed by atoms with Gasteiger partial charge in [-0.3, -0.25) is 0 Å². The number of nitrogens with zero attached hydrogens (tertiary/aromatic N) is 1. The third kappa shape index (κ3) is 2.79. The van der Waals surface area contributed by atoms with Crippen molar-refractivity contribution in [1.29, 1.82) is 0 Å². The van der Waals surface area contributed by atoms with Gasteiger partial charge in [-0.25, -0.2) is 4.98 Å². The van der Waals surface area contributed by atoms with Crippen LogP contribution in [0.3, 0.4) is 0 Å². The van der Waals surface area contributed by atoms with Crippen molar-refractivity contribution in [2.45, 2.75) is 13.8 Å². The summed E-state index contributed by atoms with van der Waals surface area (Å²) in [6, 6.07) is 7.79. The number of aromatic amines is 1. The zero-order valence-electron chi connectivity index (χ0n) is 10.2. The number of hydrogen-bond acceptors (Lipinski definition) is 3. The van der Waals surface area contributed by atoms with E-state index in [0.29, 0.717) is 11.2 Å². The second kappa shape index (κ2) is 5.63. The van der Waals surface area contributed by atoms with Gasteiger partial charge in [-0.1, -0.05) is 24.4 Å². The molecule has 0 fully saturated rings. The van der Waals surface area contributed by atoms with E-state index in [4.69, 9.17) is 17.0 Å². The van der Waals surface area contributed by atoms with Crippen molar-refractivity contribution in [2.24, 2.45) is 0 Å². The molecule has 3 nitrogen and oxygen atoms in total. The molecule has 0 amide bonds. The van der Waals surface area contributed by atoms with Gasteiger partial charge < -0.3 is 9.72 Å². The summed E-state index contributed by atoms with van der Waals surface area (Å²) in [5.41, 5.74) is 1.93. The average Bonchev–Trinajstić information content (AvgIpc) is 2.36. The Morgan fingerprint density at radius 1 is 1.44 bits per heavy atom. The molecule has 0 aliphatic rings. The van der Waals surface area contributed by atoms with E-state index in [-0.39, 0.29) is 0 Å². The van der Waals surface area contributed by atoms with E-state index >= 15 is 0 Å². The number of H-pyrrole nitrogens is 1. The number of ether oxygens (including phenoxy) is 1. The first-order valence-electron chi connectivity index (χ1n) is 5.61. The van der Waals surface area contributed by atoms with E-state index < -0.39 is 0 Å². The SMILES string of the molecule is CCOc1cccc(-c2nc(=S)c(Br)c(C)[nH]2)c1. The number of benzene rings is 1. The predicted molar refractivity (Wildman–Crippen MR) is 78.5 cm³/mol. The van der Waals surface area contributed by atoms with Crippen LogP contribution in [0.25, 0.3) is 11.4 Å². The van der Waals surface area contributed by atoms with Crippen LogP contribution in [-0.4, -0.2) is 16.6 Å². The number of nitrogens with one attached hydrogen (secondary N) is 1. The molecule has 94 valence electrons. The van der Waals surface area contributed by atoms with Crippen molar-refractivity contribution in [2.75, 3.05) is 6.61 Å². The van der Waals surface area contributed by atoms with E-state index in [9.17, 15) is 0 Å². The molecule has 1 aromatic carbocycles. The molecule has 1 heterocycles. The summed E-state index contributed by atoms with van der Waals surface area (Å²) in [6.07, 6.45) is 0. The number of hydrogen-bond donors (Lipinski definition) is 1. The Morgan fingerprint density at radius 3 is 2.89 bits per heavy atom. The van der Waals surface area contributed by atoms with Gasteiger partial charge in [-0.2, -0.15) is 0 Å². The molecule has 18 heavy (non-hydrogen) atoms. The molecule has 0 saturated carbocycles. The molecule has 0 spiro atoms. The third-order valence-corrected chi connectivity index (χ3v) is 3.98. The monoisotopic (exact) mass is 324 g/mol. The largest absolute Gasteiger partial charge is 0.494 e. The minimum Gasteiger partial charge on any atom is -0.494 e. The van der Waals surface area contributed by atoms with Crippen molar-refractivity contribution in [3.63, 3.8) is 0 Å². The standard InChI is InChI=1S/C13H13BrN2OS/c1-3-17-10-6-4-5-9(7-10)12-15-8(2)11(14)13(18)16-12/h4-7H,3H2,1-2H3,(H,15,16,18). The number of halogens is 1. The van der Waals surface area contributed by atoms with Crippen molar-refractivity contribution < 1.29 is 4.74 Å². The fourth-order valence-corrected chi connectivity index (χ4v) is 2.04. The summed E-state index contributed by atoms with van der Waals surface area (Å²) in [6.45, 7) is 4.56. The van der Waals surface area contributed by atoms with Crippen LogP contribution in [0, 0.1) is 11.6 Å². The second-order valence-electron chi connectivity index (χ2n) is 3.79. The minimum atomic E-state index is 0.558. The van der Waals surface area contributed by atoms with E-state index in [1.54, 1.807) is 0 Å². The van der Waals surface area contributed by atoms with Crippen molar-refractivity contribution in [3.05, 3.63) is 39.1 Å². The first kappa shape index (κ1) is 13.2. The average molecular weight is 325 g/mol. The highest BCUT2D eigenvalue weighted by molar-refractivity contribution is 9.10. The lowest BCUT2D eigenvalue weighted by atomic mass is 10.2. The molecule has 2 aromatic rings. The Labute approximate surface area is 119 Å². The number of aryl methyl sites for hydroxylation is 1. The molecule has 0 aliphatic heterocycles. The Morgan fingerprint density at radius 2 is 2.22 bits per heavy atom. The lowest BCUT2D eigenvalue weighted by Gasteiger charge is -2.07. The van der Waals surface area contributed by atoms with Gasteiger partial charge >= 0.3 is 0 Å². The number of aromatic nitrogens is 2. The summed E-state index contributed by atoms with van der Waals surface area (Å²) >= 11 is 8.61. The maximum atomic E-state index is 5.48. The van der Waals surface area contributed by atoms with Gasteiger partial charge in [0.25, 0.3) is 0 Å². The van der Waals surface area contributed by atoms with Gasteiger partial charge in [0.1, 0.15) is 16.2 Å². The summed E-state index contributed by atoms with van der Waals surface area (Å²) in [7, 11) is 0. The summed E-state index contributed by atoms with van der Waals surface area (Å²) in [5.74, 6) is 1.58. The second-order valence-corrected chi connectivity index (χ2v) is 4.97. The number of rotatable bonds is 3. The topological polar surface area (TPSA) is 37.9 Å². The highest BCUT2D eigenvalue weighted by Gasteiger charge is 2.05. The van der Waals surface area contributed by atoms with Gasteiger partial charge in [-0.15, -0.1) is 0 Å². The third-order valence-electron chi connectivity index (χ3n) is 2.45. The quantitative estimate of drug-likeness (QED) is 0.856. The van der Waals surface area contributed by atoms with Crippen LogP contribution in [0.5, 0.6) is 5.75 Å². The van der Waals surface area contributed by atoms with Crippen LogP contribution in [0.1, 0.15) is 12.6 Å². The van der Waals surface area contributed by atoms with E-state index in [2.05, 4.69) is 25.9 Å². The maximum Gasteiger partial charge on any atom is 0.144 e. The maximum absolute atomic E-state index is 5.48. The van der Waals surface area contributed by atoms with Crippen LogP contribution >= 0.6 is 28.1 Å². The van der Waals surface area contributed by atoms with E-state index in [1.165, 1.54) is 0 Å². The van der Waals surface area contributed by atoms with Crippen LogP contribution in [0.4, 0.5) is 0 Å². The molecular weight excluding hydrogens is 312 g/mol. The molecule has 0 saturated heterocycles. The highest BCUT2D eigenvalue weighted by atomic mass is 79.9. The van der Waals surface area contributed by atoms with Gasteiger partial charge in [0, 0.05) is 11.3 Å². The van der Waals surface area contributed by atoms with Crippen LogP contribution in [0.15, 0.2) is 28.7 Å². The summed E-state index contributed by atoms with van der Waals surface area (Å²) < 4.78 is 6.87. The summed E-state index contributed by atoms with van der Waals surface area (Å²) in [5, 5.41) is 0. The fourth-order valence-electron chi connectivity index (χ4n) is 1.61. The zero-order valence-corrected chi connectivity index (χ0v) is 12.6. The lowest BCUT2D eigenvalue weighted by Crippen LogP contribution is -1.96. The molecule has 0 radical (unpaired) electrons. The molecule has 1 aromatic heterocycles. The van der Waals surface area contributed by atoms with E-state index in [1.807, 2.05) is 38.1 Å².